The van der Waals surface area contributed by atoms with Crippen molar-refractivity contribution in [1.82, 2.24) is 15.6 Å². The van der Waals surface area contributed by atoms with Crippen LogP contribution in [-0.4, -0.2) is 18.9 Å². The number of carbonyl (C=O) groups excluding carboxylic acids is 1. The number of anilines is 1. The number of carbonyl (C=O) groups is 1. The molecule has 1 aliphatic heterocycles. The standard InChI is InChI=1S/C10H8N5O/c1-12-10(16)14-7-4-2-3-6-9(7)15-8(5-11)13-6/h2-4H,1H3,(H2,12,14,16)/q+1. The van der Waals surface area contributed by atoms with E-state index < -0.39 is 0 Å². The molecule has 0 fully saturated rings. The molecule has 0 aromatic heterocycles. The van der Waals surface area contributed by atoms with Gasteiger partial charge in [0.05, 0.1) is 5.69 Å². The van der Waals surface area contributed by atoms with Gasteiger partial charge >= 0.3 is 11.9 Å². The van der Waals surface area contributed by atoms with Gasteiger partial charge in [-0.1, -0.05) is 6.07 Å². The van der Waals surface area contributed by atoms with Crippen molar-refractivity contribution in [3.63, 3.8) is 0 Å². The van der Waals surface area contributed by atoms with Crippen LogP contribution in [0, 0.1) is 11.3 Å². The fraction of sp³-hybridized carbons (Fsp3) is 0.100. The number of fused-ring (bicyclic) bond motifs is 1. The summed E-state index contributed by atoms with van der Waals surface area (Å²) in [4.78, 5) is 15.2. The summed E-state index contributed by atoms with van der Waals surface area (Å²) in [6.45, 7) is 0. The molecule has 2 amide bonds. The van der Waals surface area contributed by atoms with Gasteiger partial charge in [-0.2, -0.15) is 5.26 Å². The zero-order valence-corrected chi connectivity index (χ0v) is 8.48. The van der Waals surface area contributed by atoms with Crippen molar-refractivity contribution < 1.29 is 4.79 Å². The number of urea groups is 1. The third kappa shape index (κ3) is 1.66. The van der Waals surface area contributed by atoms with E-state index in [2.05, 4.69) is 20.9 Å². The lowest BCUT2D eigenvalue weighted by atomic mass is 10.2. The van der Waals surface area contributed by atoms with Crippen molar-refractivity contribution in [1.29, 1.82) is 5.26 Å². The van der Waals surface area contributed by atoms with Gasteiger partial charge in [0.15, 0.2) is 6.07 Å². The summed E-state index contributed by atoms with van der Waals surface area (Å²) < 4.78 is 0. The first-order chi connectivity index (χ1) is 7.74. The number of aliphatic imine (C=N–C) groups is 1. The Kier molecular flexibility index (Phi) is 2.44. The van der Waals surface area contributed by atoms with E-state index in [9.17, 15) is 4.79 Å². The van der Waals surface area contributed by atoms with Gasteiger partial charge in [-0.05, 0) is 22.4 Å². The monoisotopic (exact) mass is 214 g/mol. The van der Waals surface area contributed by atoms with Crippen LogP contribution >= 0.6 is 0 Å². The molecule has 6 heteroatoms. The van der Waals surface area contributed by atoms with E-state index in [1.807, 2.05) is 6.07 Å². The Bertz CT molecular complexity index is 514. The van der Waals surface area contributed by atoms with Gasteiger partial charge in [-0.25, -0.2) is 4.79 Å². The van der Waals surface area contributed by atoms with Crippen LogP contribution in [0.1, 0.15) is 0 Å². The van der Waals surface area contributed by atoms with Crippen LogP contribution in [0.4, 0.5) is 21.9 Å². The van der Waals surface area contributed by atoms with E-state index in [0.29, 0.717) is 17.1 Å². The molecular formula is C10H8N5O+. The smallest absolute Gasteiger partial charge is 0.341 e. The first kappa shape index (κ1) is 9.98. The van der Waals surface area contributed by atoms with Crippen molar-refractivity contribution in [2.24, 2.45) is 0 Å². The highest BCUT2D eigenvalue weighted by Crippen LogP contribution is 2.32. The fourth-order valence-electron chi connectivity index (χ4n) is 1.32. The number of hydrogen-bond donors (Lipinski definition) is 2. The maximum atomic E-state index is 11.2. The number of hydrogen-bond acceptors (Lipinski definition) is 3. The summed E-state index contributed by atoms with van der Waals surface area (Å²) in [5.74, 6) is 0.0983. The molecule has 2 rings (SSSR count). The van der Waals surface area contributed by atoms with Gasteiger partial charge in [-0.15, -0.1) is 0 Å². The van der Waals surface area contributed by atoms with E-state index in [1.165, 1.54) is 7.05 Å². The van der Waals surface area contributed by atoms with E-state index >= 15 is 0 Å². The molecule has 0 unspecified atom stereocenters. The second-order valence-corrected chi connectivity index (χ2v) is 3.04. The Hall–Kier alpha value is -2.55. The third-order valence-corrected chi connectivity index (χ3v) is 2.03. The molecule has 2 radical (unpaired) electrons. The molecule has 0 saturated heterocycles. The lowest BCUT2D eigenvalue weighted by molar-refractivity contribution is 0.254. The molecule has 6 nitrogen and oxygen atoms in total. The largest absolute Gasteiger partial charge is 0.445 e. The van der Waals surface area contributed by atoms with Gasteiger partial charge in [0.1, 0.15) is 0 Å². The molecule has 0 bridgehead atoms. The molecule has 16 heavy (non-hydrogen) atoms. The number of nitrogens with zero attached hydrogens (tertiary/aromatic N) is 3. The summed E-state index contributed by atoms with van der Waals surface area (Å²) in [5.41, 5.74) is 1.64. The number of nitrogens with one attached hydrogen (secondary N) is 2. The van der Waals surface area contributed by atoms with Crippen LogP contribution in [0.15, 0.2) is 18.2 Å². The molecule has 0 aliphatic carbocycles. The Balaban J connectivity index is 2.35. The highest BCUT2D eigenvalue weighted by molar-refractivity contribution is 6.07. The Labute approximate surface area is 92.0 Å². The Morgan fingerprint density at radius 3 is 3.06 bits per heavy atom. The molecule has 2 N–H and O–H groups in total. The van der Waals surface area contributed by atoms with Gasteiger partial charge < -0.3 is 10.6 Å². The number of para-hydroxylation sites is 1. The second kappa shape index (κ2) is 3.90. The summed E-state index contributed by atoms with van der Waals surface area (Å²) in [6.07, 6.45) is 0. The van der Waals surface area contributed by atoms with E-state index in [1.54, 1.807) is 18.2 Å². The zero-order chi connectivity index (χ0) is 11.5. The molecule has 0 spiro atoms. The number of rotatable bonds is 1. The Morgan fingerprint density at radius 1 is 1.56 bits per heavy atom. The second-order valence-electron chi connectivity index (χ2n) is 3.04. The van der Waals surface area contributed by atoms with Crippen LogP contribution < -0.4 is 20.9 Å². The first-order valence-electron chi connectivity index (χ1n) is 4.57. The normalized spacial score (nSPS) is 11.9. The van der Waals surface area contributed by atoms with Crippen LogP contribution in [0.3, 0.4) is 0 Å². The van der Waals surface area contributed by atoms with Gasteiger partial charge in [0.2, 0.25) is 5.69 Å². The van der Waals surface area contributed by atoms with Crippen LogP contribution in [0.5, 0.6) is 0 Å². The van der Waals surface area contributed by atoms with Gasteiger partial charge in [0, 0.05) is 7.05 Å². The van der Waals surface area contributed by atoms with Crippen LogP contribution in [-0.2, 0) is 0 Å². The van der Waals surface area contributed by atoms with E-state index in [0.717, 1.165) is 0 Å². The first-order valence-corrected chi connectivity index (χ1v) is 4.57. The Morgan fingerprint density at radius 2 is 2.38 bits per heavy atom. The molecule has 1 aromatic rings. The van der Waals surface area contributed by atoms with Crippen LogP contribution in [0.25, 0.3) is 0 Å². The number of benzene rings is 1. The summed E-state index contributed by atoms with van der Waals surface area (Å²) in [6, 6.07) is 6.70. The third-order valence-electron chi connectivity index (χ3n) is 2.03. The molecular weight excluding hydrogens is 206 g/mol. The molecule has 1 aliphatic rings. The lowest BCUT2D eigenvalue weighted by Gasteiger charge is -2.02. The maximum absolute atomic E-state index is 11.2. The maximum Gasteiger partial charge on any atom is 0.445 e. The van der Waals surface area contributed by atoms with E-state index in [4.69, 9.17) is 5.26 Å². The summed E-state index contributed by atoms with van der Waals surface area (Å²) in [5, 5.41) is 17.7. The number of amidine groups is 1. The highest BCUT2D eigenvalue weighted by atomic mass is 16.2. The molecule has 0 atom stereocenters. The predicted octanol–water partition coefficient (Wildman–Crippen LogP) is 0.577. The van der Waals surface area contributed by atoms with Crippen LogP contribution in [0.2, 0.25) is 0 Å². The molecule has 78 valence electrons. The predicted molar refractivity (Wildman–Crippen MR) is 58.7 cm³/mol. The number of nitriles is 1. The molecule has 1 aromatic carbocycles. The molecule has 1 heterocycles. The minimum atomic E-state index is -0.339. The highest BCUT2D eigenvalue weighted by Gasteiger charge is 2.31. The van der Waals surface area contributed by atoms with Crippen molar-refractivity contribution in [2.45, 2.75) is 0 Å². The summed E-state index contributed by atoms with van der Waals surface area (Å²) in [7, 11) is 1.52. The van der Waals surface area contributed by atoms with Gasteiger partial charge in [0.25, 0.3) is 5.69 Å². The topological polar surface area (TPSA) is 93.1 Å². The fourth-order valence-corrected chi connectivity index (χ4v) is 1.32. The average molecular weight is 214 g/mol. The zero-order valence-electron chi connectivity index (χ0n) is 8.48. The summed E-state index contributed by atoms with van der Waals surface area (Å²) >= 11 is 0. The quantitative estimate of drug-likeness (QED) is 0.715. The van der Waals surface area contributed by atoms with Crippen molar-refractivity contribution in [2.75, 3.05) is 12.4 Å². The lowest BCUT2D eigenvalue weighted by Crippen LogP contribution is -2.24. The van der Waals surface area contributed by atoms with Gasteiger partial charge in [-0.3, -0.25) is 0 Å². The van der Waals surface area contributed by atoms with Crippen molar-refractivity contribution in [3.8, 4) is 6.07 Å². The molecule has 0 saturated carbocycles. The van der Waals surface area contributed by atoms with Crippen molar-refractivity contribution in [3.05, 3.63) is 18.2 Å². The minimum absolute atomic E-state index is 0.0983. The SMILES string of the molecule is CNC(=O)Nc1cccc2c1[N+]=C(C#N)[N]2. The van der Waals surface area contributed by atoms with E-state index in [-0.39, 0.29) is 11.9 Å². The van der Waals surface area contributed by atoms with Crippen molar-refractivity contribution >= 4 is 28.9 Å². The minimum Gasteiger partial charge on any atom is -0.341 e. The number of amides is 2. The average Bonchev–Trinajstić information content (AvgIpc) is 2.73.